The molecule has 1 amide bonds. The van der Waals surface area contributed by atoms with Gasteiger partial charge >= 0.3 is 0 Å². The third-order valence-corrected chi connectivity index (χ3v) is 3.09. The molecule has 1 aromatic carbocycles. The standard InChI is InChI=1S/C15H14N4O2/c1-10-6-14(19-21-10)18-15(20)13(9-17)7-11-2-4-12(8-16)5-3-11/h2-5,10,13H,6-7H2,1H3,(H,18,19,20). The molecule has 0 aliphatic carbocycles. The summed E-state index contributed by atoms with van der Waals surface area (Å²) in [6, 6.07) is 10.8. The molecule has 0 saturated heterocycles. The normalized spacial score (nSPS) is 17.9. The highest BCUT2D eigenvalue weighted by molar-refractivity contribution is 6.00. The lowest BCUT2D eigenvalue weighted by Crippen LogP contribution is -2.35. The number of nitrogens with one attached hydrogen (secondary N) is 1. The zero-order valence-corrected chi connectivity index (χ0v) is 11.5. The zero-order valence-electron chi connectivity index (χ0n) is 11.5. The lowest BCUT2D eigenvalue weighted by Gasteiger charge is -2.09. The van der Waals surface area contributed by atoms with Crippen molar-refractivity contribution in [3.8, 4) is 12.1 Å². The van der Waals surface area contributed by atoms with Crippen LogP contribution in [0, 0.1) is 28.6 Å². The molecular weight excluding hydrogens is 268 g/mol. The molecule has 21 heavy (non-hydrogen) atoms. The van der Waals surface area contributed by atoms with E-state index >= 15 is 0 Å². The van der Waals surface area contributed by atoms with Crippen LogP contribution in [-0.2, 0) is 16.1 Å². The number of nitrogens with zero attached hydrogens (tertiary/aromatic N) is 3. The molecule has 2 unspecified atom stereocenters. The van der Waals surface area contributed by atoms with Gasteiger partial charge in [-0.15, -0.1) is 0 Å². The summed E-state index contributed by atoms with van der Waals surface area (Å²) in [4.78, 5) is 17.0. The first-order valence-corrected chi connectivity index (χ1v) is 6.54. The monoisotopic (exact) mass is 282 g/mol. The maximum atomic E-state index is 12.0. The van der Waals surface area contributed by atoms with Gasteiger partial charge in [0, 0.05) is 6.42 Å². The number of nitriles is 2. The molecule has 0 aromatic heterocycles. The van der Waals surface area contributed by atoms with Gasteiger partial charge in [-0.05, 0) is 31.0 Å². The molecule has 106 valence electrons. The van der Waals surface area contributed by atoms with Crippen molar-refractivity contribution in [2.24, 2.45) is 11.1 Å². The number of hydrogen-bond acceptors (Lipinski definition) is 5. The van der Waals surface area contributed by atoms with Gasteiger partial charge in [-0.1, -0.05) is 17.3 Å². The summed E-state index contributed by atoms with van der Waals surface area (Å²) in [7, 11) is 0. The first-order chi connectivity index (χ1) is 10.1. The number of oxime groups is 1. The van der Waals surface area contributed by atoms with Gasteiger partial charge in [0.1, 0.15) is 12.0 Å². The first-order valence-electron chi connectivity index (χ1n) is 6.54. The van der Waals surface area contributed by atoms with Crippen LogP contribution in [0.4, 0.5) is 0 Å². The van der Waals surface area contributed by atoms with E-state index in [9.17, 15) is 4.79 Å². The van der Waals surface area contributed by atoms with Crippen molar-refractivity contribution in [2.45, 2.75) is 25.9 Å². The van der Waals surface area contributed by atoms with Gasteiger partial charge in [-0.3, -0.25) is 4.79 Å². The Labute approximate surface area is 122 Å². The Morgan fingerprint density at radius 2 is 2.19 bits per heavy atom. The van der Waals surface area contributed by atoms with E-state index in [1.54, 1.807) is 24.3 Å². The molecule has 0 saturated carbocycles. The fourth-order valence-corrected chi connectivity index (χ4v) is 1.95. The van der Waals surface area contributed by atoms with Crippen LogP contribution in [0.15, 0.2) is 29.4 Å². The van der Waals surface area contributed by atoms with Crippen LogP contribution in [0.1, 0.15) is 24.5 Å². The van der Waals surface area contributed by atoms with Crippen LogP contribution in [-0.4, -0.2) is 17.8 Å². The Bertz CT molecular complexity index is 637. The van der Waals surface area contributed by atoms with E-state index in [2.05, 4.69) is 10.5 Å². The Balaban J connectivity index is 1.97. The molecule has 1 aliphatic heterocycles. The molecule has 0 fully saturated rings. The molecule has 0 bridgehead atoms. The molecule has 2 rings (SSSR count). The number of rotatable bonds is 3. The van der Waals surface area contributed by atoms with E-state index in [1.165, 1.54) is 0 Å². The Hall–Kier alpha value is -2.86. The number of amidine groups is 1. The topological polar surface area (TPSA) is 98.3 Å². The molecule has 2 atom stereocenters. The average Bonchev–Trinajstić information content (AvgIpc) is 2.90. The van der Waals surface area contributed by atoms with Crippen molar-refractivity contribution >= 4 is 11.7 Å². The number of amides is 1. The Kier molecular flexibility index (Phi) is 4.53. The smallest absolute Gasteiger partial charge is 0.243 e. The van der Waals surface area contributed by atoms with Crippen molar-refractivity contribution < 1.29 is 9.63 Å². The van der Waals surface area contributed by atoms with Crippen LogP contribution in [0.25, 0.3) is 0 Å². The summed E-state index contributed by atoms with van der Waals surface area (Å²) < 4.78 is 0. The highest BCUT2D eigenvalue weighted by Gasteiger charge is 2.23. The predicted octanol–water partition coefficient (Wildman–Crippen LogP) is 1.48. The van der Waals surface area contributed by atoms with Gasteiger partial charge < -0.3 is 10.2 Å². The lowest BCUT2D eigenvalue weighted by molar-refractivity contribution is -0.121. The second kappa shape index (κ2) is 6.53. The van der Waals surface area contributed by atoms with E-state index < -0.39 is 11.8 Å². The summed E-state index contributed by atoms with van der Waals surface area (Å²) in [6.07, 6.45) is 0.762. The molecule has 1 heterocycles. The number of carbonyl (C=O) groups is 1. The molecule has 6 nitrogen and oxygen atoms in total. The molecular formula is C15H14N4O2. The minimum atomic E-state index is -0.809. The summed E-state index contributed by atoms with van der Waals surface area (Å²) >= 11 is 0. The predicted molar refractivity (Wildman–Crippen MR) is 74.7 cm³/mol. The molecule has 0 radical (unpaired) electrons. The molecule has 6 heteroatoms. The van der Waals surface area contributed by atoms with E-state index in [0.29, 0.717) is 17.8 Å². The third-order valence-electron chi connectivity index (χ3n) is 3.09. The summed E-state index contributed by atoms with van der Waals surface area (Å²) in [5.74, 6) is -0.748. The summed E-state index contributed by atoms with van der Waals surface area (Å²) in [5, 5.41) is 24.2. The fourth-order valence-electron chi connectivity index (χ4n) is 1.95. The summed E-state index contributed by atoms with van der Waals surface area (Å²) in [6.45, 7) is 1.85. The largest absolute Gasteiger partial charge is 0.391 e. The van der Waals surface area contributed by atoms with Crippen LogP contribution < -0.4 is 5.32 Å². The Morgan fingerprint density at radius 3 is 2.71 bits per heavy atom. The minimum absolute atomic E-state index is 0.0561. The lowest BCUT2D eigenvalue weighted by atomic mass is 9.99. The van der Waals surface area contributed by atoms with E-state index in [-0.39, 0.29) is 12.5 Å². The summed E-state index contributed by atoms with van der Waals surface area (Å²) in [5.41, 5.74) is 1.37. The highest BCUT2D eigenvalue weighted by atomic mass is 16.6. The quantitative estimate of drug-likeness (QED) is 0.907. The van der Waals surface area contributed by atoms with Crippen LogP contribution in [0.3, 0.4) is 0 Å². The van der Waals surface area contributed by atoms with E-state index in [4.69, 9.17) is 15.4 Å². The van der Waals surface area contributed by atoms with Gasteiger partial charge in [-0.25, -0.2) is 0 Å². The average molecular weight is 282 g/mol. The highest BCUT2D eigenvalue weighted by Crippen LogP contribution is 2.12. The van der Waals surface area contributed by atoms with Gasteiger partial charge in [0.15, 0.2) is 5.84 Å². The van der Waals surface area contributed by atoms with E-state index in [1.807, 2.05) is 19.1 Å². The fraction of sp³-hybridized carbons (Fsp3) is 0.333. The maximum absolute atomic E-state index is 12.0. The van der Waals surface area contributed by atoms with Gasteiger partial charge in [0.2, 0.25) is 5.91 Å². The third kappa shape index (κ3) is 3.80. The number of hydrogen-bond donors (Lipinski definition) is 1. The first kappa shape index (κ1) is 14.5. The van der Waals surface area contributed by atoms with Gasteiger partial charge in [-0.2, -0.15) is 10.5 Å². The SMILES string of the molecule is CC1CC(NC(=O)C(C#N)Cc2ccc(C#N)cc2)=NO1. The second-order valence-electron chi connectivity index (χ2n) is 4.84. The van der Waals surface area contributed by atoms with Crippen molar-refractivity contribution in [3.63, 3.8) is 0 Å². The number of benzene rings is 1. The minimum Gasteiger partial charge on any atom is -0.391 e. The zero-order chi connectivity index (χ0) is 15.2. The van der Waals surface area contributed by atoms with Crippen molar-refractivity contribution in [3.05, 3.63) is 35.4 Å². The van der Waals surface area contributed by atoms with Crippen LogP contribution in [0.2, 0.25) is 0 Å². The van der Waals surface area contributed by atoms with E-state index in [0.717, 1.165) is 5.56 Å². The molecule has 0 spiro atoms. The van der Waals surface area contributed by atoms with Gasteiger partial charge in [0.05, 0.1) is 17.7 Å². The maximum Gasteiger partial charge on any atom is 0.243 e. The van der Waals surface area contributed by atoms with Crippen LogP contribution >= 0.6 is 0 Å². The van der Waals surface area contributed by atoms with Crippen molar-refractivity contribution in [2.75, 3.05) is 0 Å². The Morgan fingerprint density at radius 1 is 1.48 bits per heavy atom. The molecule has 1 aliphatic rings. The second-order valence-corrected chi connectivity index (χ2v) is 4.84. The number of carbonyl (C=O) groups excluding carboxylic acids is 1. The molecule has 1 N–H and O–H groups in total. The van der Waals surface area contributed by atoms with Crippen molar-refractivity contribution in [1.29, 1.82) is 10.5 Å². The molecule has 1 aromatic rings. The van der Waals surface area contributed by atoms with Gasteiger partial charge in [0.25, 0.3) is 0 Å². The van der Waals surface area contributed by atoms with Crippen molar-refractivity contribution in [1.82, 2.24) is 5.32 Å². The van der Waals surface area contributed by atoms with Crippen LogP contribution in [0.5, 0.6) is 0 Å².